The molecule has 1 aromatic carbocycles. The van der Waals surface area contributed by atoms with E-state index < -0.39 is 28.8 Å². The second kappa shape index (κ2) is 4.89. The number of aliphatic hydroxyl groups is 2. The number of benzene rings is 1. The summed E-state index contributed by atoms with van der Waals surface area (Å²) in [5, 5.41) is 38.0. The quantitative estimate of drug-likeness (QED) is 0.517. The number of hydrogen-bond donors (Lipinski definition) is 3. The molecule has 0 heterocycles. The molecule has 2 atom stereocenters. The SMILES string of the molecule is Cc1ccc([N+](=O)[O-])c(C(O)C(O)C(=O)O)c1. The van der Waals surface area contributed by atoms with Gasteiger partial charge in [0.05, 0.1) is 10.5 Å². The van der Waals surface area contributed by atoms with Gasteiger partial charge in [0.1, 0.15) is 6.10 Å². The third-order valence-electron chi connectivity index (χ3n) is 2.25. The van der Waals surface area contributed by atoms with Gasteiger partial charge in [0.25, 0.3) is 5.69 Å². The largest absolute Gasteiger partial charge is 0.479 e. The number of nitrogens with zero attached hydrogens (tertiary/aromatic N) is 1. The number of aryl methyl sites for hydroxylation is 1. The zero-order valence-electron chi connectivity index (χ0n) is 8.90. The first kappa shape index (κ1) is 13.1. The Bertz CT molecular complexity index is 458. The lowest BCUT2D eigenvalue weighted by Crippen LogP contribution is -2.28. The molecule has 0 amide bonds. The number of carboxylic acids is 1. The number of nitro benzene ring substituents is 1. The Labute approximate surface area is 96.1 Å². The molecule has 92 valence electrons. The standard InChI is InChI=1S/C10H11NO6/c1-5-2-3-7(11(16)17)6(4-5)8(12)9(13)10(14)15/h2-4,8-9,12-13H,1H3,(H,14,15). The zero-order valence-corrected chi connectivity index (χ0v) is 8.90. The summed E-state index contributed by atoms with van der Waals surface area (Å²) in [6, 6.07) is 3.89. The van der Waals surface area contributed by atoms with E-state index in [0.717, 1.165) is 6.07 Å². The summed E-state index contributed by atoms with van der Waals surface area (Å²) in [6.07, 6.45) is -3.94. The Balaban J connectivity index is 3.23. The molecule has 0 radical (unpaired) electrons. The molecular weight excluding hydrogens is 230 g/mol. The van der Waals surface area contributed by atoms with E-state index in [2.05, 4.69) is 0 Å². The Morgan fingerprint density at radius 1 is 1.41 bits per heavy atom. The normalized spacial score (nSPS) is 14.1. The Hall–Kier alpha value is -1.99. The van der Waals surface area contributed by atoms with Crippen LogP contribution in [0.25, 0.3) is 0 Å². The Morgan fingerprint density at radius 3 is 2.47 bits per heavy atom. The second-order valence-electron chi connectivity index (χ2n) is 3.55. The van der Waals surface area contributed by atoms with Crippen molar-refractivity contribution < 1.29 is 25.0 Å². The highest BCUT2D eigenvalue weighted by Gasteiger charge is 2.30. The van der Waals surface area contributed by atoms with Gasteiger partial charge in [-0.05, 0) is 13.0 Å². The topological polar surface area (TPSA) is 121 Å². The molecule has 1 aromatic rings. The number of nitro groups is 1. The first-order valence-electron chi connectivity index (χ1n) is 4.68. The predicted octanol–water partition coefficient (Wildman–Crippen LogP) is 0.382. The summed E-state index contributed by atoms with van der Waals surface area (Å²) < 4.78 is 0. The molecule has 3 N–H and O–H groups in total. The van der Waals surface area contributed by atoms with Gasteiger partial charge in [0.2, 0.25) is 0 Å². The van der Waals surface area contributed by atoms with Crippen molar-refractivity contribution in [1.82, 2.24) is 0 Å². The van der Waals surface area contributed by atoms with Crippen molar-refractivity contribution in [2.75, 3.05) is 0 Å². The molecular formula is C10H11NO6. The Morgan fingerprint density at radius 2 is 2.00 bits per heavy atom. The lowest BCUT2D eigenvalue weighted by Gasteiger charge is -2.14. The van der Waals surface area contributed by atoms with Gasteiger partial charge in [0.15, 0.2) is 6.10 Å². The van der Waals surface area contributed by atoms with Crippen molar-refractivity contribution in [3.05, 3.63) is 39.4 Å². The lowest BCUT2D eigenvalue weighted by atomic mass is 10.0. The van der Waals surface area contributed by atoms with Crippen LogP contribution in [0.5, 0.6) is 0 Å². The molecule has 0 aliphatic carbocycles. The van der Waals surface area contributed by atoms with Crippen LogP contribution in [0, 0.1) is 17.0 Å². The summed E-state index contributed by atoms with van der Waals surface area (Å²) in [6.45, 7) is 1.63. The maximum absolute atomic E-state index is 10.7. The molecule has 2 unspecified atom stereocenters. The van der Waals surface area contributed by atoms with Crippen LogP contribution >= 0.6 is 0 Å². The average Bonchev–Trinajstić information content (AvgIpc) is 2.26. The van der Waals surface area contributed by atoms with Crippen LogP contribution in [0.2, 0.25) is 0 Å². The summed E-state index contributed by atoms with van der Waals surface area (Å²) in [5.41, 5.74) is -0.0319. The van der Waals surface area contributed by atoms with Crippen LogP contribution in [0.4, 0.5) is 5.69 Å². The molecule has 0 aliphatic rings. The second-order valence-corrected chi connectivity index (χ2v) is 3.55. The molecule has 7 heteroatoms. The monoisotopic (exact) mass is 241 g/mol. The van der Waals surface area contributed by atoms with Gasteiger partial charge >= 0.3 is 5.97 Å². The molecule has 0 fully saturated rings. The van der Waals surface area contributed by atoms with E-state index in [1.807, 2.05) is 0 Å². The van der Waals surface area contributed by atoms with Crippen molar-refractivity contribution in [1.29, 1.82) is 0 Å². The van der Waals surface area contributed by atoms with E-state index in [-0.39, 0.29) is 5.56 Å². The van der Waals surface area contributed by atoms with Gasteiger partial charge in [-0.3, -0.25) is 10.1 Å². The summed E-state index contributed by atoms with van der Waals surface area (Å²) in [5.74, 6) is -1.65. The molecule has 17 heavy (non-hydrogen) atoms. The fraction of sp³-hybridized carbons (Fsp3) is 0.300. The van der Waals surface area contributed by atoms with E-state index in [1.165, 1.54) is 12.1 Å². The van der Waals surface area contributed by atoms with Gasteiger partial charge < -0.3 is 15.3 Å². The van der Waals surface area contributed by atoms with Crippen molar-refractivity contribution in [2.24, 2.45) is 0 Å². The van der Waals surface area contributed by atoms with E-state index in [0.29, 0.717) is 5.56 Å². The number of rotatable bonds is 4. The molecule has 0 aliphatic heterocycles. The number of aliphatic carboxylic acids is 1. The van der Waals surface area contributed by atoms with E-state index in [1.54, 1.807) is 6.92 Å². The zero-order chi connectivity index (χ0) is 13.2. The minimum absolute atomic E-state index is 0.218. The fourth-order valence-electron chi connectivity index (χ4n) is 1.38. The van der Waals surface area contributed by atoms with Crippen molar-refractivity contribution in [3.8, 4) is 0 Å². The summed E-state index contributed by atoms with van der Waals surface area (Å²) >= 11 is 0. The van der Waals surface area contributed by atoms with Crippen LogP contribution in [0.15, 0.2) is 18.2 Å². The van der Waals surface area contributed by atoms with Crippen LogP contribution in [0.3, 0.4) is 0 Å². The number of aliphatic hydroxyl groups excluding tert-OH is 2. The van der Waals surface area contributed by atoms with E-state index in [4.69, 9.17) is 5.11 Å². The molecule has 1 rings (SSSR count). The number of hydrogen-bond acceptors (Lipinski definition) is 5. The third-order valence-corrected chi connectivity index (χ3v) is 2.25. The van der Waals surface area contributed by atoms with Gasteiger partial charge in [-0.25, -0.2) is 4.79 Å². The lowest BCUT2D eigenvalue weighted by molar-refractivity contribution is -0.386. The molecule has 0 saturated heterocycles. The Kier molecular flexibility index (Phi) is 3.77. The highest BCUT2D eigenvalue weighted by atomic mass is 16.6. The first-order valence-corrected chi connectivity index (χ1v) is 4.68. The van der Waals surface area contributed by atoms with Crippen molar-refractivity contribution in [3.63, 3.8) is 0 Å². The smallest absolute Gasteiger partial charge is 0.335 e. The van der Waals surface area contributed by atoms with Gasteiger partial charge in [-0.15, -0.1) is 0 Å². The van der Waals surface area contributed by atoms with Gasteiger partial charge in [-0.2, -0.15) is 0 Å². The van der Waals surface area contributed by atoms with Crippen LogP contribution in [-0.2, 0) is 4.79 Å². The van der Waals surface area contributed by atoms with E-state index >= 15 is 0 Å². The highest BCUT2D eigenvalue weighted by Crippen LogP contribution is 2.28. The first-order chi connectivity index (χ1) is 7.84. The van der Waals surface area contributed by atoms with Crippen LogP contribution in [0.1, 0.15) is 17.2 Å². The molecule has 0 spiro atoms. The molecule has 0 saturated carbocycles. The molecule has 7 nitrogen and oxygen atoms in total. The highest BCUT2D eigenvalue weighted by molar-refractivity contribution is 5.73. The van der Waals surface area contributed by atoms with E-state index in [9.17, 15) is 25.1 Å². The van der Waals surface area contributed by atoms with Gasteiger partial charge in [-0.1, -0.05) is 11.6 Å². The molecule has 0 bridgehead atoms. The number of carboxylic acid groups (broad SMARTS) is 1. The fourth-order valence-corrected chi connectivity index (χ4v) is 1.38. The maximum Gasteiger partial charge on any atom is 0.335 e. The maximum atomic E-state index is 10.7. The van der Waals surface area contributed by atoms with Crippen molar-refractivity contribution in [2.45, 2.75) is 19.1 Å². The van der Waals surface area contributed by atoms with Crippen molar-refractivity contribution >= 4 is 11.7 Å². The minimum atomic E-state index is -2.10. The summed E-state index contributed by atoms with van der Waals surface area (Å²) in [7, 11) is 0. The molecule has 0 aromatic heterocycles. The number of carbonyl (C=O) groups is 1. The van der Waals surface area contributed by atoms with Crippen LogP contribution < -0.4 is 0 Å². The third kappa shape index (κ3) is 2.77. The minimum Gasteiger partial charge on any atom is -0.479 e. The predicted molar refractivity (Wildman–Crippen MR) is 56.4 cm³/mol. The average molecular weight is 241 g/mol. The van der Waals surface area contributed by atoms with Gasteiger partial charge in [0, 0.05) is 6.07 Å². The van der Waals surface area contributed by atoms with Crippen LogP contribution in [-0.4, -0.2) is 32.3 Å². The summed E-state index contributed by atoms with van der Waals surface area (Å²) in [4.78, 5) is 20.5.